The lowest BCUT2D eigenvalue weighted by Crippen LogP contribution is -2.60. The van der Waals surface area contributed by atoms with Gasteiger partial charge < -0.3 is 51.9 Å². The largest absolute Gasteiger partial charge is 0.491 e. The average molecular weight is 688 g/mol. The second-order valence-electron chi connectivity index (χ2n) is 13.0. The number of aldehydes is 1. The highest BCUT2D eigenvalue weighted by atomic mass is 16.5. The molecule has 0 spiro atoms. The molecule has 0 aromatic heterocycles. The molecular weight excluding hydrogens is 630 g/mol. The van der Waals surface area contributed by atoms with Crippen molar-refractivity contribution >= 4 is 29.9 Å². The van der Waals surface area contributed by atoms with Gasteiger partial charge in [-0.05, 0) is 69.7 Å². The molecule has 0 saturated heterocycles. The first-order chi connectivity index (χ1) is 23.3. The number of nitrogens with one attached hydrogen (secondary N) is 4. The molecule has 14 heteroatoms. The summed E-state index contributed by atoms with van der Waals surface area (Å²) < 4.78 is 11.5. The van der Waals surface area contributed by atoms with Crippen LogP contribution in [-0.2, 0) is 35.3 Å². The maximum atomic E-state index is 13.5. The molecule has 0 radical (unpaired) electrons. The van der Waals surface area contributed by atoms with Crippen molar-refractivity contribution in [3.05, 3.63) is 41.7 Å². The maximum Gasteiger partial charge on any atom is 0.252 e. The first-order valence-corrected chi connectivity index (χ1v) is 17.1. The van der Waals surface area contributed by atoms with Crippen molar-refractivity contribution in [2.45, 2.75) is 103 Å². The van der Waals surface area contributed by atoms with E-state index in [0.29, 0.717) is 12.2 Å². The second kappa shape index (κ2) is 21.2. The zero-order valence-electron chi connectivity index (χ0n) is 29.8. The van der Waals surface area contributed by atoms with Crippen molar-refractivity contribution in [1.29, 1.82) is 0 Å². The maximum absolute atomic E-state index is 13.5. The molecule has 4 unspecified atom stereocenters. The van der Waals surface area contributed by atoms with E-state index in [4.69, 9.17) is 20.9 Å². The molecule has 1 aromatic carbocycles. The highest BCUT2D eigenvalue weighted by Gasteiger charge is 2.32. The van der Waals surface area contributed by atoms with Crippen molar-refractivity contribution in [1.82, 2.24) is 26.2 Å². The van der Waals surface area contributed by atoms with Crippen molar-refractivity contribution in [3.63, 3.8) is 0 Å². The summed E-state index contributed by atoms with van der Waals surface area (Å²) >= 11 is 0. The summed E-state index contributed by atoms with van der Waals surface area (Å²) in [4.78, 5) is 65.9. The van der Waals surface area contributed by atoms with Crippen LogP contribution in [0.15, 0.2) is 36.1 Å². The van der Waals surface area contributed by atoms with E-state index in [1.54, 1.807) is 46.1 Å². The number of benzene rings is 1. The molecule has 5 atom stereocenters. The van der Waals surface area contributed by atoms with Gasteiger partial charge in [-0.25, -0.2) is 0 Å². The lowest BCUT2D eigenvalue weighted by molar-refractivity contribution is -0.134. The highest BCUT2D eigenvalue weighted by Crippen LogP contribution is 2.26. The third-order valence-electron chi connectivity index (χ3n) is 8.59. The van der Waals surface area contributed by atoms with Gasteiger partial charge in [0.05, 0.1) is 18.3 Å². The lowest BCUT2D eigenvalue weighted by Gasteiger charge is -2.30. The molecule has 49 heavy (non-hydrogen) atoms. The SMILES string of the molecule is CNC(C(=O)NC(CN)C(=O)NC(COc1cccc(CN)c1)C(=O)N[C@H](C)O/C=C(/C)C(=O)N(C)C(C=O)CC(C)C)C1CCCCC1. The van der Waals surface area contributed by atoms with E-state index in [9.17, 15) is 24.0 Å². The van der Waals surface area contributed by atoms with Crippen LogP contribution in [0.1, 0.15) is 71.8 Å². The number of ether oxygens (including phenoxy) is 2. The van der Waals surface area contributed by atoms with Crippen LogP contribution in [0.25, 0.3) is 0 Å². The molecule has 8 N–H and O–H groups in total. The van der Waals surface area contributed by atoms with Crippen LogP contribution >= 0.6 is 0 Å². The number of carbonyl (C=O) groups is 5. The summed E-state index contributed by atoms with van der Waals surface area (Å²) in [5.41, 5.74) is 12.7. The monoisotopic (exact) mass is 687 g/mol. The quantitative estimate of drug-likeness (QED) is 0.0498. The first-order valence-electron chi connectivity index (χ1n) is 17.1. The molecule has 1 aliphatic carbocycles. The average Bonchev–Trinajstić information content (AvgIpc) is 3.10. The van der Waals surface area contributed by atoms with Crippen LogP contribution < -0.4 is 37.5 Å². The minimum Gasteiger partial charge on any atom is -0.491 e. The Bertz CT molecular complexity index is 1270. The normalized spacial score (nSPS) is 16.8. The Balaban J connectivity index is 2.14. The summed E-state index contributed by atoms with van der Waals surface area (Å²) in [5.74, 6) is -1.21. The van der Waals surface area contributed by atoms with E-state index in [2.05, 4.69) is 21.3 Å². The van der Waals surface area contributed by atoms with E-state index in [1.807, 2.05) is 19.9 Å². The van der Waals surface area contributed by atoms with Crippen molar-refractivity contribution in [3.8, 4) is 5.75 Å². The summed E-state index contributed by atoms with van der Waals surface area (Å²) in [7, 11) is 3.27. The number of hydrogen-bond donors (Lipinski definition) is 6. The molecule has 0 aliphatic heterocycles. The number of carbonyl (C=O) groups excluding carboxylic acids is 5. The minimum atomic E-state index is -1.22. The zero-order valence-corrected chi connectivity index (χ0v) is 29.8. The fraction of sp³-hybridized carbons (Fsp3) is 0.629. The first kappa shape index (κ1) is 41.2. The Morgan fingerprint density at radius 1 is 0.980 bits per heavy atom. The molecule has 0 bridgehead atoms. The number of rotatable bonds is 20. The Hall–Kier alpha value is -4.01. The van der Waals surface area contributed by atoms with Crippen LogP contribution in [0.2, 0.25) is 0 Å². The molecule has 4 amide bonds. The fourth-order valence-electron chi connectivity index (χ4n) is 5.74. The van der Waals surface area contributed by atoms with Crippen LogP contribution in [-0.4, -0.2) is 92.5 Å². The van der Waals surface area contributed by atoms with Crippen LogP contribution in [0, 0.1) is 11.8 Å². The summed E-state index contributed by atoms with van der Waals surface area (Å²) in [6, 6.07) is 3.65. The number of nitrogens with two attached hydrogens (primary N) is 2. The lowest BCUT2D eigenvalue weighted by atomic mass is 9.83. The molecule has 1 aromatic rings. The number of hydrogen-bond acceptors (Lipinski definition) is 10. The van der Waals surface area contributed by atoms with Gasteiger partial charge in [-0.15, -0.1) is 0 Å². The van der Waals surface area contributed by atoms with E-state index in [-0.39, 0.29) is 43.0 Å². The molecule has 1 saturated carbocycles. The third kappa shape index (κ3) is 13.4. The Morgan fingerprint density at radius 2 is 1.63 bits per heavy atom. The van der Waals surface area contributed by atoms with E-state index in [1.165, 1.54) is 11.2 Å². The van der Waals surface area contributed by atoms with Gasteiger partial charge in [0, 0.05) is 25.7 Å². The summed E-state index contributed by atoms with van der Waals surface area (Å²) in [5, 5.41) is 11.2. The van der Waals surface area contributed by atoms with E-state index < -0.39 is 48.1 Å². The number of likely N-dealkylation sites (N-methyl/N-ethyl adjacent to an activating group) is 2. The summed E-state index contributed by atoms with van der Waals surface area (Å²) in [6.45, 7) is 6.87. The topological polar surface area (TPSA) is 207 Å². The molecule has 274 valence electrons. The van der Waals surface area contributed by atoms with E-state index >= 15 is 0 Å². The number of nitrogens with zero attached hydrogens (tertiary/aromatic N) is 1. The Morgan fingerprint density at radius 3 is 2.22 bits per heavy atom. The number of amides is 4. The van der Waals surface area contributed by atoms with Gasteiger partial charge in [0.1, 0.15) is 30.7 Å². The van der Waals surface area contributed by atoms with Crippen molar-refractivity contribution in [2.24, 2.45) is 23.3 Å². The van der Waals surface area contributed by atoms with Gasteiger partial charge in [-0.2, -0.15) is 0 Å². The molecule has 0 heterocycles. The van der Waals surface area contributed by atoms with Gasteiger partial charge in [-0.3, -0.25) is 19.2 Å². The Kier molecular flexibility index (Phi) is 17.8. The molecule has 14 nitrogen and oxygen atoms in total. The zero-order chi connectivity index (χ0) is 36.5. The molecule has 1 fully saturated rings. The standard InChI is InChI=1S/C35H57N7O7/c1-22(2)15-27(19-43)42(6)35(47)23(3)20-48-24(4)39-33(45)30(21-49-28-14-10-11-25(16-28)17-36)41-32(44)29(18-37)40-34(46)31(38-5)26-12-8-7-9-13-26/h10-11,14,16,19-20,22,24,26-27,29-31,38H,7-9,12-13,15,17-18,21,36-37H2,1-6H3,(H,39,45)(H,40,46)(H,41,44)/b23-20-/t24-,27?,29?,30?,31?/m0/s1. The third-order valence-corrected chi connectivity index (χ3v) is 8.59. The second-order valence-corrected chi connectivity index (χ2v) is 13.0. The van der Waals surface area contributed by atoms with Gasteiger partial charge in [0.15, 0.2) is 6.23 Å². The predicted octanol–water partition coefficient (Wildman–Crippen LogP) is 1.08. The van der Waals surface area contributed by atoms with E-state index in [0.717, 1.165) is 44.0 Å². The van der Waals surface area contributed by atoms with Crippen LogP contribution in [0.3, 0.4) is 0 Å². The smallest absolute Gasteiger partial charge is 0.252 e. The van der Waals surface area contributed by atoms with Gasteiger partial charge in [0.25, 0.3) is 5.91 Å². The van der Waals surface area contributed by atoms with Gasteiger partial charge in [-0.1, -0.05) is 45.2 Å². The minimum absolute atomic E-state index is 0.151. The van der Waals surface area contributed by atoms with Crippen LogP contribution in [0.5, 0.6) is 5.75 Å². The molecular formula is C35H57N7O7. The van der Waals surface area contributed by atoms with Crippen molar-refractivity contribution < 1.29 is 33.4 Å². The fourth-order valence-corrected chi connectivity index (χ4v) is 5.74. The summed E-state index contributed by atoms with van der Waals surface area (Å²) in [6.07, 6.45) is 6.62. The van der Waals surface area contributed by atoms with Crippen molar-refractivity contribution in [2.75, 3.05) is 27.2 Å². The van der Waals surface area contributed by atoms with Crippen LogP contribution in [0.4, 0.5) is 0 Å². The molecule has 2 rings (SSSR count). The molecule has 1 aliphatic rings. The highest BCUT2D eigenvalue weighted by molar-refractivity contribution is 5.94. The van der Waals surface area contributed by atoms with Gasteiger partial charge >= 0.3 is 0 Å². The van der Waals surface area contributed by atoms with Gasteiger partial charge in [0.2, 0.25) is 17.7 Å². The predicted molar refractivity (Wildman–Crippen MR) is 187 cm³/mol. The Labute approximate surface area is 290 Å².